The fourth-order valence-electron chi connectivity index (χ4n) is 2.84. The standard InChI is InChI=1S/C18H27N3O2/c19-10-6-2-5-9-17(22)20-11-13-21(14-12-20)18(23)15-16-7-3-1-4-8-16/h1,3-4,7-8H,2,5-6,9-15,19H2. The Balaban J connectivity index is 1.70. The van der Waals surface area contributed by atoms with Gasteiger partial charge in [0, 0.05) is 32.6 Å². The predicted molar refractivity (Wildman–Crippen MR) is 90.8 cm³/mol. The molecule has 2 amide bonds. The molecule has 1 fully saturated rings. The molecule has 0 aliphatic carbocycles. The molecular formula is C18H27N3O2. The lowest BCUT2D eigenvalue weighted by Crippen LogP contribution is -2.50. The SMILES string of the molecule is NCCCCCC(=O)N1CCN(C(=O)Cc2ccccc2)CC1. The van der Waals surface area contributed by atoms with Crippen LogP contribution in [0, 0.1) is 0 Å². The Morgan fingerprint density at radius 1 is 0.870 bits per heavy atom. The summed E-state index contributed by atoms with van der Waals surface area (Å²) in [6.45, 7) is 3.27. The summed E-state index contributed by atoms with van der Waals surface area (Å²) in [6.07, 6.45) is 3.93. The third-order valence-electron chi connectivity index (χ3n) is 4.28. The fourth-order valence-corrected chi connectivity index (χ4v) is 2.84. The van der Waals surface area contributed by atoms with Crippen molar-refractivity contribution >= 4 is 11.8 Å². The summed E-state index contributed by atoms with van der Waals surface area (Å²) < 4.78 is 0. The molecule has 1 heterocycles. The Kier molecular flexibility index (Phi) is 7.07. The number of nitrogens with two attached hydrogens (primary N) is 1. The zero-order valence-corrected chi connectivity index (χ0v) is 13.7. The number of nitrogens with zero attached hydrogens (tertiary/aromatic N) is 2. The maximum atomic E-state index is 12.3. The van der Waals surface area contributed by atoms with Crippen LogP contribution in [0.2, 0.25) is 0 Å². The number of carbonyl (C=O) groups is 2. The van der Waals surface area contributed by atoms with Crippen molar-refractivity contribution < 1.29 is 9.59 Å². The van der Waals surface area contributed by atoms with Crippen molar-refractivity contribution in [3.8, 4) is 0 Å². The average molecular weight is 317 g/mol. The van der Waals surface area contributed by atoms with Gasteiger partial charge in [-0.15, -0.1) is 0 Å². The average Bonchev–Trinajstić information content (AvgIpc) is 2.59. The summed E-state index contributed by atoms with van der Waals surface area (Å²) >= 11 is 0. The first kappa shape index (κ1) is 17.5. The molecule has 0 spiro atoms. The Bertz CT molecular complexity index is 496. The van der Waals surface area contributed by atoms with Crippen molar-refractivity contribution in [2.45, 2.75) is 32.1 Å². The Morgan fingerprint density at radius 3 is 2.09 bits per heavy atom. The molecule has 0 atom stereocenters. The van der Waals surface area contributed by atoms with Crippen molar-refractivity contribution in [1.82, 2.24) is 9.80 Å². The van der Waals surface area contributed by atoms with Gasteiger partial charge in [0.1, 0.15) is 0 Å². The highest BCUT2D eigenvalue weighted by Crippen LogP contribution is 2.09. The summed E-state index contributed by atoms with van der Waals surface area (Å²) in [5.41, 5.74) is 6.49. The third-order valence-corrected chi connectivity index (χ3v) is 4.28. The summed E-state index contributed by atoms with van der Waals surface area (Å²) in [7, 11) is 0. The second-order valence-electron chi connectivity index (χ2n) is 6.02. The van der Waals surface area contributed by atoms with Crippen LogP contribution in [0.25, 0.3) is 0 Å². The van der Waals surface area contributed by atoms with E-state index >= 15 is 0 Å². The van der Waals surface area contributed by atoms with Crippen LogP contribution in [-0.2, 0) is 16.0 Å². The first-order valence-corrected chi connectivity index (χ1v) is 8.50. The van der Waals surface area contributed by atoms with Crippen molar-refractivity contribution in [3.05, 3.63) is 35.9 Å². The second-order valence-corrected chi connectivity index (χ2v) is 6.02. The lowest BCUT2D eigenvalue weighted by molar-refractivity contribution is -0.139. The normalized spacial score (nSPS) is 14.8. The van der Waals surface area contributed by atoms with Crippen LogP contribution in [0.1, 0.15) is 31.2 Å². The van der Waals surface area contributed by atoms with Crippen LogP contribution in [-0.4, -0.2) is 54.3 Å². The molecule has 2 N–H and O–H groups in total. The molecule has 0 saturated carbocycles. The summed E-state index contributed by atoms with van der Waals surface area (Å²) in [4.78, 5) is 28.2. The quantitative estimate of drug-likeness (QED) is 0.774. The Hall–Kier alpha value is -1.88. The molecule has 0 unspecified atom stereocenters. The molecule has 0 aromatic heterocycles. The van der Waals surface area contributed by atoms with Crippen LogP contribution in [0.15, 0.2) is 30.3 Å². The maximum Gasteiger partial charge on any atom is 0.227 e. The zero-order chi connectivity index (χ0) is 16.5. The molecule has 1 saturated heterocycles. The van der Waals surface area contributed by atoms with Gasteiger partial charge in [0.15, 0.2) is 0 Å². The lowest BCUT2D eigenvalue weighted by atomic mass is 10.1. The van der Waals surface area contributed by atoms with E-state index in [4.69, 9.17) is 5.73 Å². The van der Waals surface area contributed by atoms with Gasteiger partial charge in [-0.1, -0.05) is 36.8 Å². The van der Waals surface area contributed by atoms with Gasteiger partial charge in [0.25, 0.3) is 0 Å². The van der Waals surface area contributed by atoms with Crippen molar-refractivity contribution in [2.24, 2.45) is 5.73 Å². The van der Waals surface area contributed by atoms with E-state index in [1.807, 2.05) is 40.1 Å². The fraction of sp³-hybridized carbons (Fsp3) is 0.556. The first-order chi connectivity index (χ1) is 11.2. The van der Waals surface area contributed by atoms with Gasteiger partial charge in [-0.25, -0.2) is 0 Å². The highest BCUT2D eigenvalue weighted by molar-refractivity contribution is 5.80. The summed E-state index contributed by atoms with van der Waals surface area (Å²) in [5.74, 6) is 0.350. The van der Waals surface area contributed by atoms with Gasteiger partial charge in [-0.2, -0.15) is 0 Å². The van der Waals surface area contributed by atoms with Crippen molar-refractivity contribution in [2.75, 3.05) is 32.7 Å². The predicted octanol–water partition coefficient (Wildman–Crippen LogP) is 1.42. The molecule has 5 nitrogen and oxygen atoms in total. The van der Waals surface area contributed by atoms with Gasteiger partial charge in [-0.05, 0) is 24.9 Å². The van der Waals surface area contributed by atoms with Crippen LogP contribution in [0.4, 0.5) is 0 Å². The van der Waals surface area contributed by atoms with Gasteiger partial charge in [0.05, 0.1) is 6.42 Å². The van der Waals surface area contributed by atoms with E-state index in [9.17, 15) is 9.59 Å². The molecule has 23 heavy (non-hydrogen) atoms. The molecule has 5 heteroatoms. The minimum Gasteiger partial charge on any atom is -0.339 e. The molecule has 1 aromatic rings. The van der Waals surface area contributed by atoms with E-state index in [0.29, 0.717) is 45.6 Å². The van der Waals surface area contributed by atoms with Gasteiger partial charge < -0.3 is 15.5 Å². The molecule has 0 radical (unpaired) electrons. The number of unbranched alkanes of at least 4 members (excludes halogenated alkanes) is 2. The lowest BCUT2D eigenvalue weighted by Gasteiger charge is -2.35. The molecule has 1 aliphatic rings. The molecular weight excluding hydrogens is 290 g/mol. The van der Waals surface area contributed by atoms with E-state index in [-0.39, 0.29) is 11.8 Å². The number of piperazine rings is 1. The van der Waals surface area contributed by atoms with Gasteiger partial charge >= 0.3 is 0 Å². The van der Waals surface area contributed by atoms with Crippen LogP contribution < -0.4 is 5.73 Å². The number of hydrogen-bond donors (Lipinski definition) is 1. The topological polar surface area (TPSA) is 66.6 Å². The minimum atomic E-state index is 0.145. The first-order valence-electron chi connectivity index (χ1n) is 8.50. The highest BCUT2D eigenvalue weighted by Gasteiger charge is 2.23. The molecule has 0 bridgehead atoms. The summed E-state index contributed by atoms with van der Waals surface area (Å²) in [6, 6.07) is 9.79. The number of hydrogen-bond acceptors (Lipinski definition) is 3. The highest BCUT2D eigenvalue weighted by atomic mass is 16.2. The Morgan fingerprint density at radius 2 is 1.48 bits per heavy atom. The van der Waals surface area contributed by atoms with Gasteiger partial charge in [0.2, 0.25) is 11.8 Å². The Labute approximate surface area is 138 Å². The molecule has 126 valence electrons. The number of carbonyl (C=O) groups excluding carboxylic acids is 2. The summed E-state index contributed by atoms with van der Waals surface area (Å²) in [5, 5.41) is 0. The van der Waals surface area contributed by atoms with E-state index in [1.54, 1.807) is 0 Å². The molecule has 1 aromatic carbocycles. The van der Waals surface area contributed by atoms with E-state index < -0.39 is 0 Å². The van der Waals surface area contributed by atoms with Crippen LogP contribution in [0.3, 0.4) is 0 Å². The minimum absolute atomic E-state index is 0.145. The van der Waals surface area contributed by atoms with Crippen molar-refractivity contribution in [3.63, 3.8) is 0 Å². The second kappa shape index (κ2) is 9.30. The third kappa shape index (κ3) is 5.67. The van der Waals surface area contributed by atoms with E-state index in [1.165, 1.54) is 0 Å². The van der Waals surface area contributed by atoms with Crippen LogP contribution >= 0.6 is 0 Å². The number of amides is 2. The van der Waals surface area contributed by atoms with Crippen molar-refractivity contribution in [1.29, 1.82) is 0 Å². The zero-order valence-electron chi connectivity index (χ0n) is 13.7. The smallest absolute Gasteiger partial charge is 0.227 e. The number of rotatable bonds is 7. The van der Waals surface area contributed by atoms with E-state index in [2.05, 4.69) is 0 Å². The molecule has 1 aliphatic heterocycles. The molecule has 2 rings (SSSR count). The van der Waals surface area contributed by atoms with Gasteiger partial charge in [-0.3, -0.25) is 9.59 Å². The van der Waals surface area contributed by atoms with E-state index in [0.717, 1.165) is 24.8 Å². The number of benzene rings is 1. The monoisotopic (exact) mass is 317 g/mol. The largest absolute Gasteiger partial charge is 0.339 e. The maximum absolute atomic E-state index is 12.3. The van der Waals surface area contributed by atoms with Crippen LogP contribution in [0.5, 0.6) is 0 Å².